The fourth-order valence-corrected chi connectivity index (χ4v) is 3.61. The first-order valence-electron chi connectivity index (χ1n) is 9.45. The molecule has 2 heterocycles. The Bertz CT molecular complexity index is 1020. The smallest absolute Gasteiger partial charge is 0.152 e. The van der Waals surface area contributed by atoms with E-state index < -0.39 is 0 Å². The van der Waals surface area contributed by atoms with E-state index in [0.29, 0.717) is 12.2 Å². The number of benzene rings is 1. The number of halogens is 1. The highest BCUT2D eigenvalue weighted by molar-refractivity contribution is 5.94. The maximum absolute atomic E-state index is 13.1. The minimum absolute atomic E-state index is 0.222. The third-order valence-corrected chi connectivity index (χ3v) is 5.49. The Balaban J connectivity index is 1.66. The van der Waals surface area contributed by atoms with Crippen LogP contribution in [-0.4, -0.2) is 16.1 Å². The first-order chi connectivity index (χ1) is 13.1. The lowest BCUT2D eigenvalue weighted by atomic mass is 10.1. The van der Waals surface area contributed by atoms with Crippen molar-refractivity contribution >= 4 is 16.7 Å². The van der Waals surface area contributed by atoms with Gasteiger partial charge in [-0.15, -0.1) is 0 Å². The average Bonchev–Trinajstić information content (AvgIpc) is 3.46. The van der Waals surface area contributed by atoms with Gasteiger partial charge in [-0.3, -0.25) is 0 Å². The van der Waals surface area contributed by atoms with Crippen molar-refractivity contribution in [2.75, 3.05) is 11.9 Å². The summed E-state index contributed by atoms with van der Waals surface area (Å²) < 4.78 is 15.4. The zero-order chi connectivity index (χ0) is 19.0. The number of fused-ring (bicyclic) bond motifs is 1. The van der Waals surface area contributed by atoms with Gasteiger partial charge in [0.1, 0.15) is 17.6 Å². The molecule has 4 nitrogen and oxygen atoms in total. The van der Waals surface area contributed by atoms with Gasteiger partial charge in [0.05, 0.1) is 5.52 Å². The zero-order valence-electron chi connectivity index (χ0n) is 15.7. The molecule has 1 aromatic carbocycles. The molecule has 0 atom stereocenters. The van der Waals surface area contributed by atoms with Gasteiger partial charge in [0.2, 0.25) is 0 Å². The first-order valence-corrected chi connectivity index (χ1v) is 9.45. The molecule has 27 heavy (non-hydrogen) atoms. The van der Waals surface area contributed by atoms with E-state index in [4.69, 9.17) is 0 Å². The van der Waals surface area contributed by atoms with Gasteiger partial charge in [-0.25, -0.2) is 9.37 Å². The number of hydrogen-bond acceptors (Lipinski definition) is 3. The number of nitrogens with zero attached hydrogens (tertiary/aromatic N) is 3. The molecule has 0 bridgehead atoms. The van der Waals surface area contributed by atoms with E-state index in [0.717, 1.165) is 41.2 Å². The Morgan fingerprint density at radius 1 is 1.26 bits per heavy atom. The van der Waals surface area contributed by atoms with E-state index in [1.54, 1.807) is 12.1 Å². The molecule has 1 N–H and O–H groups in total. The van der Waals surface area contributed by atoms with Gasteiger partial charge >= 0.3 is 0 Å². The van der Waals surface area contributed by atoms with Gasteiger partial charge in [0.25, 0.3) is 0 Å². The summed E-state index contributed by atoms with van der Waals surface area (Å²) in [5.41, 5.74) is 5.05. The SMILES string of the molecule is Cc1c(C)n(CC2CC2)c2c(NCCc3ccc(F)cc3)nc(C#N)cc12. The molecule has 4 rings (SSSR count). The molecule has 0 spiro atoms. The van der Waals surface area contributed by atoms with Gasteiger partial charge in [0, 0.05) is 24.2 Å². The maximum Gasteiger partial charge on any atom is 0.152 e. The maximum atomic E-state index is 13.1. The topological polar surface area (TPSA) is 53.6 Å². The van der Waals surface area contributed by atoms with Crippen molar-refractivity contribution in [3.63, 3.8) is 0 Å². The Hall–Kier alpha value is -2.87. The van der Waals surface area contributed by atoms with E-state index in [1.165, 1.54) is 36.2 Å². The van der Waals surface area contributed by atoms with Crippen LogP contribution in [0.5, 0.6) is 0 Å². The van der Waals surface area contributed by atoms with Crippen molar-refractivity contribution in [1.82, 2.24) is 9.55 Å². The molecule has 0 unspecified atom stereocenters. The number of nitrogens with one attached hydrogen (secondary N) is 1. The van der Waals surface area contributed by atoms with Crippen molar-refractivity contribution < 1.29 is 4.39 Å². The number of aryl methyl sites for hydroxylation is 1. The molecule has 1 saturated carbocycles. The van der Waals surface area contributed by atoms with Crippen LogP contribution in [0.3, 0.4) is 0 Å². The van der Waals surface area contributed by atoms with Crippen molar-refractivity contribution in [3.05, 3.63) is 58.7 Å². The van der Waals surface area contributed by atoms with Crippen LogP contribution >= 0.6 is 0 Å². The number of rotatable bonds is 6. The fourth-order valence-electron chi connectivity index (χ4n) is 3.61. The monoisotopic (exact) mass is 362 g/mol. The molecule has 138 valence electrons. The molecule has 0 saturated heterocycles. The van der Waals surface area contributed by atoms with Gasteiger partial charge in [-0.05, 0) is 68.4 Å². The lowest BCUT2D eigenvalue weighted by Crippen LogP contribution is -2.10. The average molecular weight is 362 g/mol. The number of aromatic nitrogens is 2. The van der Waals surface area contributed by atoms with Crippen LogP contribution in [-0.2, 0) is 13.0 Å². The van der Waals surface area contributed by atoms with E-state index in [2.05, 4.69) is 34.8 Å². The summed E-state index contributed by atoms with van der Waals surface area (Å²) in [4.78, 5) is 4.55. The summed E-state index contributed by atoms with van der Waals surface area (Å²) in [6.07, 6.45) is 3.34. The summed E-state index contributed by atoms with van der Waals surface area (Å²) in [5, 5.41) is 13.9. The van der Waals surface area contributed by atoms with Crippen molar-refractivity contribution in [2.24, 2.45) is 5.92 Å². The molecular weight excluding hydrogens is 339 g/mol. The summed E-state index contributed by atoms with van der Waals surface area (Å²) in [5.74, 6) is 1.30. The van der Waals surface area contributed by atoms with Crippen LogP contribution in [0, 0.1) is 36.9 Å². The molecule has 1 aliphatic carbocycles. The second-order valence-corrected chi connectivity index (χ2v) is 7.43. The highest BCUT2D eigenvalue weighted by atomic mass is 19.1. The van der Waals surface area contributed by atoms with Crippen LogP contribution in [0.15, 0.2) is 30.3 Å². The fraction of sp³-hybridized carbons (Fsp3) is 0.364. The van der Waals surface area contributed by atoms with Crippen molar-refractivity contribution in [1.29, 1.82) is 5.26 Å². The Morgan fingerprint density at radius 3 is 2.67 bits per heavy atom. The largest absolute Gasteiger partial charge is 0.368 e. The Labute approximate surface area is 158 Å². The highest BCUT2D eigenvalue weighted by Crippen LogP contribution is 2.36. The minimum Gasteiger partial charge on any atom is -0.368 e. The van der Waals surface area contributed by atoms with Gasteiger partial charge in [0.15, 0.2) is 5.82 Å². The van der Waals surface area contributed by atoms with E-state index in [9.17, 15) is 9.65 Å². The molecule has 1 aliphatic rings. The Kier molecular flexibility index (Phi) is 4.57. The van der Waals surface area contributed by atoms with Gasteiger partial charge < -0.3 is 9.88 Å². The molecule has 0 radical (unpaired) electrons. The standard InChI is InChI=1S/C22H23FN4/c1-14-15(2)27(13-17-3-4-17)21-20(14)11-19(12-24)26-22(21)25-10-9-16-5-7-18(23)8-6-16/h5-8,11,17H,3-4,9-10,13H2,1-2H3,(H,25,26). The highest BCUT2D eigenvalue weighted by Gasteiger charge is 2.25. The quantitative estimate of drug-likeness (QED) is 0.690. The number of pyridine rings is 1. The second kappa shape index (κ2) is 7.03. The number of nitriles is 1. The molecule has 3 aromatic rings. The van der Waals surface area contributed by atoms with Crippen molar-refractivity contribution in [3.8, 4) is 6.07 Å². The third-order valence-electron chi connectivity index (χ3n) is 5.49. The van der Waals surface area contributed by atoms with Crippen LogP contribution in [0.4, 0.5) is 10.2 Å². The summed E-state index contributed by atoms with van der Waals surface area (Å²) >= 11 is 0. The van der Waals surface area contributed by atoms with Crippen LogP contribution in [0.25, 0.3) is 10.9 Å². The predicted octanol–water partition coefficient (Wildman–Crippen LogP) is 4.73. The second-order valence-electron chi connectivity index (χ2n) is 7.43. The lowest BCUT2D eigenvalue weighted by molar-refractivity contribution is 0.627. The van der Waals surface area contributed by atoms with Gasteiger partial charge in [-0.2, -0.15) is 5.26 Å². The molecular formula is C22H23FN4. The van der Waals surface area contributed by atoms with E-state index >= 15 is 0 Å². The van der Waals surface area contributed by atoms with Gasteiger partial charge in [-0.1, -0.05) is 12.1 Å². The normalized spacial score (nSPS) is 13.7. The zero-order valence-corrected chi connectivity index (χ0v) is 15.7. The van der Waals surface area contributed by atoms with Crippen molar-refractivity contribution in [2.45, 2.75) is 39.7 Å². The molecule has 5 heteroatoms. The molecule has 1 fully saturated rings. The van der Waals surface area contributed by atoms with E-state index in [-0.39, 0.29) is 5.82 Å². The minimum atomic E-state index is -0.222. The molecule has 2 aromatic heterocycles. The first kappa shape index (κ1) is 17.5. The van der Waals surface area contributed by atoms with Crippen LogP contribution in [0.2, 0.25) is 0 Å². The lowest BCUT2D eigenvalue weighted by Gasteiger charge is -2.12. The van der Waals surface area contributed by atoms with E-state index in [1.807, 2.05) is 6.07 Å². The molecule has 0 aliphatic heterocycles. The van der Waals surface area contributed by atoms with Crippen LogP contribution in [0.1, 0.15) is 35.4 Å². The summed E-state index contributed by atoms with van der Waals surface area (Å²) in [6, 6.07) is 10.6. The Morgan fingerprint density at radius 2 is 2.00 bits per heavy atom. The molecule has 0 amide bonds. The number of hydrogen-bond donors (Lipinski definition) is 1. The number of anilines is 1. The summed E-state index contributed by atoms with van der Waals surface area (Å²) in [7, 11) is 0. The third kappa shape index (κ3) is 3.52. The van der Waals surface area contributed by atoms with Crippen LogP contribution < -0.4 is 5.32 Å². The summed E-state index contributed by atoms with van der Waals surface area (Å²) in [6.45, 7) is 5.95. The predicted molar refractivity (Wildman–Crippen MR) is 105 cm³/mol.